The molecule has 0 spiro atoms. The van der Waals surface area contributed by atoms with Crippen molar-refractivity contribution in [3.05, 3.63) is 48.9 Å². The summed E-state index contributed by atoms with van der Waals surface area (Å²) in [6, 6.07) is 11.9. The Morgan fingerprint density at radius 2 is 1.80 bits per heavy atom. The summed E-state index contributed by atoms with van der Waals surface area (Å²) < 4.78 is 2.00. The molecule has 2 amide bonds. The van der Waals surface area contributed by atoms with Crippen molar-refractivity contribution in [2.24, 2.45) is 11.3 Å². The zero-order valence-corrected chi connectivity index (χ0v) is 26.4. The van der Waals surface area contributed by atoms with Gasteiger partial charge in [-0.2, -0.15) is 10.4 Å². The van der Waals surface area contributed by atoms with E-state index in [9.17, 15) is 14.9 Å². The molecule has 0 radical (unpaired) electrons. The maximum Gasteiger partial charge on any atom is 0.247 e. The van der Waals surface area contributed by atoms with E-state index in [2.05, 4.69) is 29.6 Å². The molecule has 1 aliphatic carbocycles. The van der Waals surface area contributed by atoms with Crippen LogP contribution >= 0.6 is 0 Å². The van der Waals surface area contributed by atoms with Gasteiger partial charge in [0.1, 0.15) is 5.41 Å². The molecule has 2 aromatic heterocycles. The Balaban J connectivity index is 1.30. The molecule has 2 fully saturated rings. The third kappa shape index (κ3) is 7.20. The summed E-state index contributed by atoms with van der Waals surface area (Å²) in [5.74, 6) is -0.118. The monoisotopic (exact) mass is 594 g/mol. The van der Waals surface area contributed by atoms with Gasteiger partial charge < -0.3 is 10.2 Å². The van der Waals surface area contributed by atoms with Crippen LogP contribution in [0.3, 0.4) is 0 Å². The number of anilines is 2. The Morgan fingerprint density at radius 1 is 1.07 bits per heavy atom. The number of unbranched alkanes of at least 4 members (excludes halogenated alkanes) is 9. The molecule has 1 aliphatic heterocycles. The first-order valence-electron chi connectivity index (χ1n) is 16.6. The highest BCUT2D eigenvalue weighted by molar-refractivity contribution is 6.03. The Labute approximate surface area is 261 Å². The lowest BCUT2D eigenvalue weighted by molar-refractivity contribution is -0.123. The van der Waals surface area contributed by atoms with E-state index in [0.29, 0.717) is 24.3 Å². The van der Waals surface area contributed by atoms with E-state index in [4.69, 9.17) is 4.98 Å². The molecule has 0 bridgehead atoms. The number of aryl methyl sites for hydroxylation is 1. The number of nitrogens with zero attached hydrogens (tertiary/aromatic N) is 5. The minimum atomic E-state index is -0.911. The van der Waals surface area contributed by atoms with Gasteiger partial charge >= 0.3 is 0 Å². The summed E-state index contributed by atoms with van der Waals surface area (Å²) in [5.41, 5.74) is 3.75. The molecule has 1 N–H and O–H groups in total. The lowest BCUT2D eigenvalue weighted by atomic mass is 9.83. The number of rotatable bonds is 16. The lowest BCUT2D eigenvalue weighted by Gasteiger charge is -2.22. The molecule has 1 atom stereocenters. The van der Waals surface area contributed by atoms with E-state index in [1.165, 1.54) is 64.7 Å². The van der Waals surface area contributed by atoms with Crippen LogP contribution in [0, 0.1) is 22.7 Å². The number of amides is 2. The van der Waals surface area contributed by atoms with Crippen LogP contribution in [0.4, 0.5) is 11.4 Å². The van der Waals surface area contributed by atoms with Crippen molar-refractivity contribution in [2.75, 3.05) is 16.8 Å². The number of nitriles is 1. The van der Waals surface area contributed by atoms with Crippen LogP contribution in [0.2, 0.25) is 0 Å². The summed E-state index contributed by atoms with van der Waals surface area (Å²) in [5, 5.41) is 17.6. The zero-order chi connectivity index (χ0) is 30.9. The first kappa shape index (κ1) is 31.4. The van der Waals surface area contributed by atoms with E-state index in [0.717, 1.165) is 48.2 Å². The van der Waals surface area contributed by atoms with Gasteiger partial charge in [-0.05, 0) is 55.4 Å². The quantitative estimate of drug-likeness (QED) is 0.169. The number of carbonyl (C=O) groups is 2. The van der Waals surface area contributed by atoms with Gasteiger partial charge in [-0.15, -0.1) is 0 Å². The van der Waals surface area contributed by atoms with E-state index < -0.39 is 5.41 Å². The first-order valence-corrected chi connectivity index (χ1v) is 16.6. The topological polar surface area (TPSA) is 104 Å². The van der Waals surface area contributed by atoms with Crippen LogP contribution in [0.15, 0.2) is 48.9 Å². The Morgan fingerprint density at radius 3 is 2.48 bits per heavy atom. The molecule has 1 saturated heterocycles. The number of carbonyl (C=O) groups excluding carboxylic acids is 2. The molecule has 5 rings (SSSR count). The normalized spacial score (nSPS) is 18.0. The summed E-state index contributed by atoms with van der Waals surface area (Å²) in [7, 11) is 0. The van der Waals surface area contributed by atoms with Gasteiger partial charge in [-0.3, -0.25) is 19.3 Å². The highest BCUT2D eigenvalue weighted by Gasteiger charge is 2.56. The van der Waals surface area contributed by atoms with E-state index >= 15 is 0 Å². The summed E-state index contributed by atoms with van der Waals surface area (Å²) in [4.78, 5) is 32.1. The van der Waals surface area contributed by atoms with E-state index in [-0.39, 0.29) is 17.7 Å². The minimum absolute atomic E-state index is 0.108. The second-order valence-corrected chi connectivity index (χ2v) is 12.5. The summed E-state index contributed by atoms with van der Waals surface area (Å²) in [6.07, 6.45) is 21.0. The fraction of sp³-hybridized carbons (Fsp3) is 0.528. The third-order valence-corrected chi connectivity index (χ3v) is 9.20. The standard InChI is InChI=1S/C36H46N6O2/c1-3-4-5-6-7-8-9-10-11-12-21-41-25-28(24-39-41)31-14-13-15-32(40-27(2)43)34(31)33-23-30(18-20-38-33)42-22-19-36(26-37,35(42)44)29-16-17-29/h13-15,18,20,23-25,29H,3-12,16-17,19,21-22H2,1-2H3,(H,40,43)/t36-/m1/s1. The zero-order valence-electron chi connectivity index (χ0n) is 26.4. The number of aromatic nitrogens is 3. The van der Waals surface area contributed by atoms with Gasteiger partial charge in [-0.25, -0.2) is 0 Å². The molecule has 44 heavy (non-hydrogen) atoms. The smallest absolute Gasteiger partial charge is 0.247 e. The van der Waals surface area contributed by atoms with Crippen LogP contribution in [-0.4, -0.2) is 33.1 Å². The van der Waals surface area contributed by atoms with Crippen molar-refractivity contribution in [2.45, 2.75) is 104 Å². The number of benzene rings is 1. The van der Waals surface area contributed by atoms with Crippen LogP contribution in [0.1, 0.15) is 97.3 Å². The summed E-state index contributed by atoms with van der Waals surface area (Å²) in [6.45, 7) is 5.13. The highest BCUT2D eigenvalue weighted by Crippen LogP contribution is 2.52. The maximum absolute atomic E-state index is 13.5. The van der Waals surface area contributed by atoms with Gasteiger partial charge in [0.15, 0.2) is 0 Å². The second kappa shape index (κ2) is 14.7. The Kier molecular flexibility index (Phi) is 10.5. The van der Waals surface area contributed by atoms with Crippen molar-refractivity contribution in [3.8, 4) is 28.5 Å². The maximum atomic E-state index is 13.5. The SMILES string of the molecule is CCCCCCCCCCCCn1cc(-c2cccc(NC(C)=O)c2-c2cc(N3CC[C@@](C#N)(C4CC4)C3=O)ccn2)cn1. The molecule has 2 aliphatic rings. The third-order valence-electron chi connectivity index (χ3n) is 9.20. The van der Waals surface area contributed by atoms with Crippen LogP contribution in [0.5, 0.6) is 0 Å². The van der Waals surface area contributed by atoms with Crippen molar-refractivity contribution in [3.63, 3.8) is 0 Å². The van der Waals surface area contributed by atoms with Crippen molar-refractivity contribution < 1.29 is 9.59 Å². The summed E-state index contributed by atoms with van der Waals surface area (Å²) >= 11 is 0. The number of pyridine rings is 1. The average molecular weight is 595 g/mol. The molecular formula is C36H46N6O2. The number of hydrogen-bond acceptors (Lipinski definition) is 5. The van der Waals surface area contributed by atoms with Gasteiger partial charge in [0.2, 0.25) is 11.8 Å². The molecule has 8 heteroatoms. The van der Waals surface area contributed by atoms with E-state index in [1.54, 1.807) is 11.1 Å². The molecular weight excluding hydrogens is 548 g/mol. The molecule has 1 saturated carbocycles. The minimum Gasteiger partial charge on any atom is -0.326 e. The predicted molar refractivity (Wildman–Crippen MR) is 175 cm³/mol. The molecule has 3 heterocycles. The van der Waals surface area contributed by atoms with E-state index in [1.807, 2.05) is 41.2 Å². The van der Waals surface area contributed by atoms with Crippen molar-refractivity contribution in [1.29, 1.82) is 5.26 Å². The molecule has 232 valence electrons. The highest BCUT2D eigenvalue weighted by atomic mass is 16.2. The van der Waals surface area contributed by atoms with Gasteiger partial charge in [0.25, 0.3) is 0 Å². The fourth-order valence-corrected chi connectivity index (χ4v) is 6.61. The largest absolute Gasteiger partial charge is 0.326 e. The molecule has 1 aromatic carbocycles. The molecule has 3 aromatic rings. The van der Waals surface area contributed by atoms with Crippen LogP contribution < -0.4 is 10.2 Å². The van der Waals surface area contributed by atoms with Crippen molar-refractivity contribution >= 4 is 23.2 Å². The fourth-order valence-electron chi connectivity index (χ4n) is 6.61. The first-order chi connectivity index (χ1) is 21.5. The van der Waals surface area contributed by atoms with Gasteiger partial charge in [0, 0.05) is 49.2 Å². The lowest BCUT2D eigenvalue weighted by Crippen LogP contribution is -2.35. The Bertz CT molecular complexity index is 1490. The second-order valence-electron chi connectivity index (χ2n) is 12.5. The molecule has 8 nitrogen and oxygen atoms in total. The molecule has 0 unspecified atom stereocenters. The van der Waals surface area contributed by atoms with Gasteiger partial charge in [-0.1, -0.05) is 76.8 Å². The average Bonchev–Trinajstić information content (AvgIpc) is 3.68. The van der Waals surface area contributed by atoms with Crippen LogP contribution in [-0.2, 0) is 16.1 Å². The Hall–Kier alpha value is -3.99. The van der Waals surface area contributed by atoms with Crippen molar-refractivity contribution in [1.82, 2.24) is 14.8 Å². The number of nitrogens with one attached hydrogen (secondary N) is 1. The van der Waals surface area contributed by atoms with Gasteiger partial charge in [0.05, 0.1) is 23.6 Å². The predicted octanol–water partition coefficient (Wildman–Crippen LogP) is 8.15. The number of hydrogen-bond donors (Lipinski definition) is 1. The van der Waals surface area contributed by atoms with Crippen LogP contribution in [0.25, 0.3) is 22.4 Å².